The van der Waals surface area contributed by atoms with Gasteiger partial charge in [0, 0.05) is 13.6 Å². The molecule has 0 unspecified atom stereocenters. The molecule has 0 saturated heterocycles. The number of aromatic amines is 1. The highest BCUT2D eigenvalue weighted by molar-refractivity contribution is 9.10. The number of aromatic hydroxyl groups is 1. The van der Waals surface area contributed by atoms with Crippen molar-refractivity contribution in [3.63, 3.8) is 0 Å². The minimum atomic E-state index is -0.726. The van der Waals surface area contributed by atoms with Crippen LogP contribution >= 0.6 is 15.9 Å². The van der Waals surface area contributed by atoms with Crippen molar-refractivity contribution in [2.75, 3.05) is 0 Å². The smallest absolute Gasteiger partial charge is 0.342 e. The number of phenolic OH excluding ortho intramolecular Hbond substituents is 1. The number of hydrogen-bond donors (Lipinski definition) is 2. The minimum absolute atomic E-state index is 0.0216. The van der Waals surface area contributed by atoms with E-state index in [0.29, 0.717) is 16.8 Å². The molecule has 3 rings (SSSR count). The number of hydrogen-bond acceptors (Lipinski definition) is 6. The summed E-state index contributed by atoms with van der Waals surface area (Å²) in [7, 11) is 1.61. The van der Waals surface area contributed by atoms with E-state index < -0.39 is 17.2 Å². The number of H-pyrrole nitrogens is 1. The lowest BCUT2D eigenvalue weighted by molar-refractivity contribution is 0.0456. The molecule has 1 aromatic carbocycles. The molecule has 29 heavy (non-hydrogen) atoms. The Hall–Kier alpha value is -2.88. The number of ether oxygens (including phenoxy) is 1. The Kier molecular flexibility index (Phi) is 5.92. The van der Waals surface area contributed by atoms with Gasteiger partial charge in [-0.25, -0.2) is 14.6 Å². The highest BCUT2D eigenvalue weighted by Crippen LogP contribution is 2.30. The zero-order chi connectivity index (χ0) is 21.3. The molecule has 10 heteroatoms. The molecule has 0 bridgehead atoms. The minimum Gasteiger partial charge on any atom is -0.506 e. The number of nitrogens with zero attached hydrogens (tertiary/aromatic N) is 3. The lowest BCUT2D eigenvalue weighted by Gasteiger charge is -2.08. The monoisotopic (exact) mass is 464 g/mol. The van der Waals surface area contributed by atoms with Crippen LogP contribution in [0.25, 0.3) is 11.2 Å². The number of imidazole rings is 1. The van der Waals surface area contributed by atoms with Gasteiger partial charge in [0.15, 0.2) is 11.2 Å². The number of esters is 1. The summed E-state index contributed by atoms with van der Waals surface area (Å²) in [5.74, 6) is -0.632. The largest absolute Gasteiger partial charge is 0.506 e. The van der Waals surface area contributed by atoms with Gasteiger partial charge in [-0.3, -0.25) is 14.3 Å². The summed E-state index contributed by atoms with van der Waals surface area (Å²) in [5.41, 5.74) is 0.205. The first kappa shape index (κ1) is 20.8. The first-order chi connectivity index (χ1) is 13.7. The van der Waals surface area contributed by atoms with E-state index in [0.717, 1.165) is 18.4 Å². The maximum Gasteiger partial charge on any atom is 0.342 e. The van der Waals surface area contributed by atoms with Crippen LogP contribution in [0.1, 0.15) is 41.5 Å². The Bertz CT molecular complexity index is 1210. The third-order valence-corrected chi connectivity index (χ3v) is 5.21. The fourth-order valence-electron chi connectivity index (χ4n) is 3.04. The van der Waals surface area contributed by atoms with Crippen LogP contribution in [0.4, 0.5) is 0 Å². The number of aryl methyl sites for hydroxylation is 3. The molecule has 0 aliphatic rings. The van der Waals surface area contributed by atoms with Gasteiger partial charge < -0.3 is 14.4 Å². The molecule has 0 fully saturated rings. The molecule has 0 aliphatic carbocycles. The van der Waals surface area contributed by atoms with Gasteiger partial charge in [0.1, 0.15) is 23.7 Å². The number of aromatic nitrogens is 4. The van der Waals surface area contributed by atoms with Crippen LogP contribution in [-0.4, -0.2) is 30.2 Å². The molecule has 0 amide bonds. The van der Waals surface area contributed by atoms with Crippen molar-refractivity contribution in [2.45, 2.75) is 39.8 Å². The fraction of sp³-hybridized carbons (Fsp3) is 0.368. The van der Waals surface area contributed by atoms with E-state index >= 15 is 0 Å². The van der Waals surface area contributed by atoms with E-state index in [-0.39, 0.29) is 29.1 Å². The first-order valence-electron chi connectivity index (χ1n) is 9.09. The number of unbranched alkanes of at least 4 members (excludes halogenated alkanes) is 1. The molecular weight excluding hydrogens is 444 g/mol. The average molecular weight is 465 g/mol. The molecule has 9 nitrogen and oxygen atoms in total. The van der Waals surface area contributed by atoms with Crippen molar-refractivity contribution in [2.24, 2.45) is 7.05 Å². The van der Waals surface area contributed by atoms with Crippen molar-refractivity contribution in [3.8, 4) is 5.75 Å². The first-order valence-corrected chi connectivity index (χ1v) is 9.88. The molecule has 2 heterocycles. The van der Waals surface area contributed by atoms with Crippen LogP contribution in [0, 0.1) is 6.92 Å². The van der Waals surface area contributed by atoms with Crippen molar-refractivity contribution < 1.29 is 14.6 Å². The molecule has 0 spiro atoms. The van der Waals surface area contributed by atoms with Crippen LogP contribution in [-0.2, 0) is 24.9 Å². The van der Waals surface area contributed by atoms with Crippen molar-refractivity contribution in [3.05, 3.63) is 54.4 Å². The van der Waals surface area contributed by atoms with Crippen LogP contribution < -0.4 is 11.2 Å². The maximum absolute atomic E-state index is 12.4. The second-order valence-electron chi connectivity index (χ2n) is 6.74. The van der Waals surface area contributed by atoms with E-state index in [2.05, 4.69) is 25.9 Å². The normalized spacial score (nSPS) is 11.2. The molecule has 0 saturated carbocycles. The molecule has 0 atom stereocenters. The standard InChI is InChI=1S/C19H21BrN4O5/c1-4-5-6-24-16-14(17(26)22-19(24)28)23(3)13(21-16)9-29-18(27)11-7-10(2)8-12(20)15(11)25/h7-8,25H,4-6,9H2,1-3H3,(H,22,26,28). The number of phenols is 1. The molecule has 2 aromatic heterocycles. The lowest BCUT2D eigenvalue weighted by atomic mass is 10.1. The second-order valence-corrected chi connectivity index (χ2v) is 7.60. The van der Waals surface area contributed by atoms with Crippen LogP contribution in [0.3, 0.4) is 0 Å². The topological polar surface area (TPSA) is 119 Å². The summed E-state index contributed by atoms with van der Waals surface area (Å²) >= 11 is 3.19. The van der Waals surface area contributed by atoms with Crippen molar-refractivity contribution in [1.29, 1.82) is 0 Å². The highest BCUT2D eigenvalue weighted by atomic mass is 79.9. The summed E-state index contributed by atoms with van der Waals surface area (Å²) in [6.45, 7) is 3.98. The molecule has 2 N–H and O–H groups in total. The summed E-state index contributed by atoms with van der Waals surface area (Å²) in [6.07, 6.45) is 1.63. The van der Waals surface area contributed by atoms with Gasteiger partial charge in [0.25, 0.3) is 5.56 Å². The third-order valence-electron chi connectivity index (χ3n) is 4.60. The summed E-state index contributed by atoms with van der Waals surface area (Å²) in [5, 5.41) is 10.1. The van der Waals surface area contributed by atoms with E-state index in [4.69, 9.17) is 4.74 Å². The fourth-order valence-corrected chi connectivity index (χ4v) is 3.62. The Morgan fingerprint density at radius 2 is 2.07 bits per heavy atom. The highest BCUT2D eigenvalue weighted by Gasteiger charge is 2.20. The predicted octanol–water partition coefficient (Wildman–Crippen LogP) is 2.36. The Morgan fingerprint density at radius 1 is 1.34 bits per heavy atom. The number of benzene rings is 1. The van der Waals surface area contributed by atoms with E-state index in [1.54, 1.807) is 20.0 Å². The van der Waals surface area contributed by atoms with Gasteiger partial charge in [0.2, 0.25) is 0 Å². The predicted molar refractivity (Wildman–Crippen MR) is 110 cm³/mol. The van der Waals surface area contributed by atoms with Crippen LogP contribution in [0.2, 0.25) is 0 Å². The lowest BCUT2D eigenvalue weighted by Crippen LogP contribution is -2.31. The van der Waals surface area contributed by atoms with E-state index in [9.17, 15) is 19.5 Å². The number of nitrogens with one attached hydrogen (secondary N) is 1. The second kappa shape index (κ2) is 8.24. The van der Waals surface area contributed by atoms with E-state index in [1.165, 1.54) is 15.2 Å². The third kappa shape index (κ3) is 3.98. The van der Waals surface area contributed by atoms with Gasteiger partial charge in [-0.2, -0.15) is 0 Å². The van der Waals surface area contributed by atoms with Gasteiger partial charge in [0.05, 0.1) is 4.47 Å². The number of carbonyl (C=O) groups excluding carboxylic acids is 1. The quantitative estimate of drug-likeness (QED) is 0.540. The van der Waals surface area contributed by atoms with Crippen molar-refractivity contribution in [1.82, 2.24) is 19.1 Å². The zero-order valence-corrected chi connectivity index (χ0v) is 17.9. The molecule has 0 aliphatic heterocycles. The van der Waals surface area contributed by atoms with Gasteiger partial charge in [-0.15, -0.1) is 0 Å². The molecule has 3 aromatic rings. The van der Waals surface area contributed by atoms with Crippen LogP contribution in [0.15, 0.2) is 26.2 Å². The number of rotatable bonds is 6. The zero-order valence-electron chi connectivity index (χ0n) is 16.3. The Labute approximate surface area is 174 Å². The summed E-state index contributed by atoms with van der Waals surface area (Å²) < 4.78 is 8.60. The Balaban J connectivity index is 1.94. The average Bonchev–Trinajstić information content (AvgIpc) is 2.99. The van der Waals surface area contributed by atoms with Gasteiger partial charge in [-0.05, 0) is 47.0 Å². The number of fused-ring (bicyclic) bond motifs is 1. The van der Waals surface area contributed by atoms with E-state index in [1.807, 2.05) is 6.92 Å². The maximum atomic E-state index is 12.4. The number of carbonyl (C=O) groups is 1. The summed E-state index contributed by atoms with van der Waals surface area (Å²) in [6, 6.07) is 3.20. The van der Waals surface area contributed by atoms with Gasteiger partial charge in [-0.1, -0.05) is 13.3 Å². The molecular formula is C19H21BrN4O5. The van der Waals surface area contributed by atoms with Crippen LogP contribution in [0.5, 0.6) is 5.75 Å². The van der Waals surface area contributed by atoms with Crippen molar-refractivity contribution >= 4 is 33.1 Å². The Morgan fingerprint density at radius 3 is 2.76 bits per heavy atom. The SMILES string of the molecule is CCCCn1c(=O)[nH]c(=O)c2c1nc(COC(=O)c1cc(C)cc(Br)c1O)n2C. The molecule has 154 valence electrons. The molecule has 0 radical (unpaired) electrons. The summed E-state index contributed by atoms with van der Waals surface area (Å²) in [4.78, 5) is 43.5. The van der Waals surface area contributed by atoms with Gasteiger partial charge >= 0.3 is 11.7 Å². The number of halogens is 1.